The number of amides is 5. The molecule has 3 aliphatic heterocycles. The molecule has 1 aromatic rings. The Morgan fingerprint density at radius 3 is 2.53 bits per heavy atom. The predicted octanol–water partition coefficient (Wildman–Crippen LogP) is 1.25. The smallest absolute Gasteiger partial charge is 0.410 e. The molecule has 32 heavy (non-hydrogen) atoms. The van der Waals surface area contributed by atoms with Gasteiger partial charge in [-0.25, -0.2) is 4.79 Å². The van der Waals surface area contributed by atoms with E-state index in [1.165, 1.54) is 9.80 Å². The molecule has 0 spiro atoms. The zero-order valence-corrected chi connectivity index (χ0v) is 18.3. The Balaban J connectivity index is 1.40. The number of nitrogens with one attached hydrogen (secondary N) is 2. The van der Waals surface area contributed by atoms with Crippen LogP contribution in [0.5, 0.6) is 0 Å². The largest absolute Gasteiger partial charge is 0.444 e. The fourth-order valence-electron chi connectivity index (χ4n) is 4.06. The molecule has 3 heterocycles. The minimum absolute atomic E-state index is 0.172. The molecule has 3 aliphatic rings. The molecule has 2 N–H and O–H groups in total. The lowest BCUT2D eigenvalue weighted by molar-refractivity contribution is -0.137. The topological polar surface area (TPSA) is 125 Å². The van der Waals surface area contributed by atoms with Crippen LogP contribution in [0.1, 0.15) is 49.5 Å². The minimum Gasteiger partial charge on any atom is -0.444 e. The molecule has 0 bridgehead atoms. The van der Waals surface area contributed by atoms with E-state index in [2.05, 4.69) is 10.6 Å². The van der Waals surface area contributed by atoms with Gasteiger partial charge >= 0.3 is 6.09 Å². The van der Waals surface area contributed by atoms with Crippen LogP contribution in [0.2, 0.25) is 0 Å². The summed E-state index contributed by atoms with van der Waals surface area (Å²) < 4.78 is 5.30. The second-order valence-electron chi connectivity index (χ2n) is 9.30. The second-order valence-corrected chi connectivity index (χ2v) is 9.30. The molecule has 0 radical (unpaired) electrons. The highest BCUT2D eigenvalue weighted by atomic mass is 16.6. The third kappa shape index (κ3) is 4.17. The highest BCUT2D eigenvalue weighted by Crippen LogP contribution is 2.33. The standard InChI is InChI=1S/C22H26N4O6/c1-22(2,3)32-21(31)25-9-12(10-25)18(28)23-15-6-4-5-13-14(15)11-26(20(13)30)16-7-8-17(27)24-19(16)29/h4-6,12,16H,7-11H2,1-3H3,(H,23,28)(H,24,27,29). The number of benzene rings is 1. The van der Waals surface area contributed by atoms with Crippen LogP contribution in [0.3, 0.4) is 0 Å². The number of imide groups is 1. The van der Waals surface area contributed by atoms with E-state index in [9.17, 15) is 24.0 Å². The van der Waals surface area contributed by atoms with Crippen molar-refractivity contribution in [2.75, 3.05) is 18.4 Å². The number of hydrogen-bond donors (Lipinski definition) is 2. The van der Waals surface area contributed by atoms with E-state index in [1.807, 2.05) is 0 Å². The number of likely N-dealkylation sites (tertiary alicyclic amines) is 1. The average molecular weight is 442 g/mol. The number of nitrogens with zero attached hydrogens (tertiary/aromatic N) is 2. The number of anilines is 1. The van der Waals surface area contributed by atoms with Crippen molar-refractivity contribution in [3.8, 4) is 0 Å². The van der Waals surface area contributed by atoms with Gasteiger partial charge in [0.05, 0.1) is 5.92 Å². The zero-order valence-electron chi connectivity index (χ0n) is 18.3. The summed E-state index contributed by atoms with van der Waals surface area (Å²) in [5, 5.41) is 5.14. The summed E-state index contributed by atoms with van der Waals surface area (Å²) in [6.07, 6.45) is -0.00224. The van der Waals surface area contributed by atoms with Gasteiger partial charge < -0.3 is 19.9 Å². The molecule has 2 fully saturated rings. The Morgan fingerprint density at radius 2 is 1.88 bits per heavy atom. The van der Waals surface area contributed by atoms with Crippen LogP contribution in [0.25, 0.3) is 0 Å². The molecule has 0 aromatic heterocycles. The second kappa shape index (κ2) is 7.92. The maximum absolute atomic E-state index is 12.9. The average Bonchev–Trinajstić information content (AvgIpc) is 2.97. The van der Waals surface area contributed by atoms with Gasteiger partial charge in [0, 0.05) is 42.9 Å². The summed E-state index contributed by atoms with van der Waals surface area (Å²) >= 11 is 0. The quantitative estimate of drug-likeness (QED) is 0.679. The molecule has 1 aromatic carbocycles. The summed E-state index contributed by atoms with van der Waals surface area (Å²) in [6, 6.07) is 4.33. The first-order valence-corrected chi connectivity index (χ1v) is 10.6. The highest BCUT2D eigenvalue weighted by molar-refractivity contribution is 6.07. The monoisotopic (exact) mass is 442 g/mol. The van der Waals surface area contributed by atoms with Crippen LogP contribution in [0.4, 0.5) is 10.5 Å². The first-order valence-electron chi connectivity index (χ1n) is 10.6. The maximum Gasteiger partial charge on any atom is 0.410 e. The van der Waals surface area contributed by atoms with Crippen molar-refractivity contribution in [2.24, 2.45) is 5.92 Å². The number of carbonyl (C=O) groups excluding carboxylic acids is 5. The van der Waals surface area contributed by atoms with E-state index in [0.29, 0.717) is 16.8 Å². The van der Waals surface area contributed by atoms with Crippen molar-refractivity contribution < 1.29 is 28.7 Å². The van der Waals surface area contributed by atoms with E-state index in [-0.39, 0.29) is 56.1 Å². The number of fused-ring (bicyclic) bond motifs is 1. The van der Waals surface area contributed by atoms with Gasteiger partial charge in [0.2, 0.25) is 17.7 Å². The third-order valence-corrected chi connectivity index (χ3v) is 5.74. The first-order chi connectivity index (χ1) is 15.0. The number of hydrogen-bond acceptors (Lipinski definition) is 6. The molecule has 0 saturated carbocycles. The molecule has 1 atom stereocenters. The molecule has 10 heteroatoms. The molecular formula is C22H26N4O6. The number of ether oxygens (including phenoxy) is 1. The van der Waals surface area contributed by atoms with Gasteiger partial charge in [-0.2, -0.15) is 0 Å². The Morgan fingerprint density at radius 1 is 1.16 bits per heavy atom. The Labute approximate surface area is 185 Å². The van der Waals surface area contributed by atoms with E-state index in [1.54, 1.807) is 39.0 Å². The van der Waals surface area contributed by atoms with Gasteiger partial charge in [-0.15, -0.1) is 0 Å². The van der Waals surface area contributed by atoms with Crippen molar-refractivity contribution in [3.05, 3.63) is 29.3 Å². The Hall–Kier alpha value is -3.43. The summed E-state index contributed by atoms with van der Waals surface area (Å²) in [6.45, 7) is 6.04. The number of rotatable bonds is 3. The van der Waals surface area contributed by atoms with Gasteiger partial charge in [-0.1, -0.05) is 6.07 Å². The van der Waals surface area contributed by atoms with Crippen molar-refractivity contribution >= 4 is 35.4 Å². The molecule has 5 amide bonds. The fraction of sp³-hybridized carbons (Fsp3) is 0.500. The summed E-state index contributed by atoms with van der Waals surface area (Å²) in [7, 11) is 0. The molecule has 0 aliphatic carbocycles. The molecule has 2 saturated heterocycles. The van der Waals surface area contributed by atoms with Crippen LogP contribution in [0, 0.1) is 5.92 Å². The van der Waals surface area contributed by atoms with Crippen molar-refractivity contribution in [2.45, 2.75) is 51.8 Å². The summed E-state index contributed by atoms with van der Waals surface area (Å²) in [4.78, 5) is 64.2. The number of piperidine rings is 1. The summed E-state index contributed by atoms with van der Waals surface area (Å²) in [5.74, 6) is -1.74. The Bertz CT molecular complexity index is 1010. The highest BCUT2D eigenvalue weighted by Gasteiger charge is 2.41. The predicted molar refractivity (Wildman–Crippen MR) is 112 cm³/mol. The van der Waals surface area contributed by atoms with Crippen LogP contribution < -0.4 is 10.6 Å². The lowest BCUT2D eigenvalue weighted by atomic mass is 9.99. The normalized spacial score (nSPS) is 21.1. The molecular weight excluding hydrogens is 416 g/mol. The van der Waals surface area contributed by atoms with Crippen LogP contribution in [-0.2, 0) is 25.7 Å². The van der Waals surface area contributed by atoms with E-state index >= 15 is 0 Å². The Kier molecular flexibility index (Phi) is 5.39. The molecule has 170 valence electrons. The van der Waals surface area contributed by atoms with Crippen LogP contribution in [-0.4, -0.2) is 64.3 Å². The van der Waals surface area contributed by atoms with Crippen LogP contribution >= 0.6 is 0 Å². The zero-order chi connectivity index (χ0) is 23.2. The third-order valence-electron chi connectivity index (χ3n) is 5.74. The van der Waals surface area contributed by atoms with Crippen LogP contribution in [0.15, 0.2) is 18.2 Å². The lowest BCUT2D eigenvalue weighted by Gasteiger charge is -2.38. The minimum atomic E-state index is -0.717. The van der Waals surface area contributed by atoms with E-state index < -0.39 is 23.6 Å². The van der Waals surface area contributed by atoms with Gasteiger partial charge in [-0.3, -0.25) is 24.5 Å². The fourth-order valence-corrected chi connectivity index (χ4v) is 4.06. The first kappa shape index (κ1) is 21.8. The lowest BCUT2D eigenvalue weighted by Crippen LogP contribution is -2.55. The SMILES string of the molecule is CC(C)(C)OC(=O)N1CC(C(=O)Nc2cccc3c2CN(C2CCC(=O)NC2=O)C3=O)C1. The van der Waals surface area contributed by atoms with E-state index in [4.69, 9.17) is 4.74 Å². The molecule has 10 nitrogen and oxygen atoms in total. The molecule has 1 unspecified atom stereocenters. The maximum atomic E-state index is 12.9. The van der Waals surface area contributed by atoms with Crippen molar-refractivity contribution in [3.63, 3.8) is 0 Å². The van der Waals surface area contributed by atoms with Gasteiger partial charge in [0.25, 0.3) is 5.91 Å². The molecule has 4 rings (SSSR count). The summed E-state index contributed by atoms with van der Waals surface area (Å²) in [5.41, 5.74) is 0.970. The number of carbonyl (C=O) groups is 5. The van der Waals surface area contributed by atoms with E-state index in [0.717, 1.165) is 0 Å². The van der Waals surface area contributed by atoms with Crippen molar-refractivity contribution in [1.82, 2.24) is 15.1 Å². The van der Waals surface area contributed by atoms with Gasteiger partial charge in [-0.05, 0) is 39.3 Å². The van der Waals surface area contributed by atoms with Gasteiger partial charge in [0.15, 0.2) is 0 Å². The van der Waals surface area contributed by atoms with Gasteiger partial charge in [0.1, 0.15) is 11.6 Å². The van der Waals surface area contributed by atoms with Crippen molar-refractivity contribution in [1.29, 1.82) is 0 Å².